The number of thioether (sulfide) groups is 2. The van der Waals surface area contributed by atoms with Crippen LogP contribution in [0.2, 0.25) is 0 Å². The molecule has 2 atom stereocenters. The fourth-order valence-corrected chi connectivity index (χ4v) is 4.94. The molecule has 3 rings (SSSR count). The van der Waals surface area contributed by atoms with Crippen LogP contribution < -0.4 is 5.32 Å². The lowest BCUT2D eigenvalue weighted by atomic mass is 10.2. The molecule has 94 valence electrons. The molecule has 2 unspecified atom stereocenters. The van der Waals surface area contributed by atoms with E-state index in [9.17, 15) is 0 Å². The van der Waals surface area contributed by atoms with Crippen LogP contribution in [-0.2, 0) is 0 Å². The Bertz CT molecular complexity index is 381. The third kappa shape index (κ3) is 2.73. The summed E-state index contributed by atoms with van der Waals surface area (Å²) in [6.07, 6.45) is 3.62. The molecule has 2 aliphatic rings. The standard InChI is InChI=1S/C11H17N3OS2/c1-2-8-9(17-6-5-16-8)10-13-11(15-14-10)12-7-3-4-7/h7-9H,2-6H2,1H3,(H,12,13,14). The van der Waals surface area contributed by atoms with E-state index in [2.05, 4.69) is 22.4 Å². The van der Waals surface area contributed by atoms with Gasteiger partial charge in [0.2, 0.25) is 0 Å². The Kier molecular flexibility index (Phi) is 3.51. The summed E-state index contributed by atoms with van der Waals surface area (Å²) in [5, 5.41) is 8.41. The van der Waals surface area contributed by atoms with Gasteiger partial charge >= 0.3 is 6.01 Å². The van der Waals surface area contributed by atoms with Crippen LogP contribution in [0.5, 0.6) is 0 Å². The highest BCUT2D eigenvalue weighted by molar-refractivity contribution is 8.06. The first-order valence-corrected chi connectivity index (χ1v) is 8.30. The smallest absolute Gasteiger partial charge is 0.321 e. The second-order valence-electron chi connectivity index (χ2n) is 4.49. The van der Waals surface area contributed by atoms with Crippen molar-refractivity contribution >= 4 is 29.5 Å². The van der Waals surface area contributed by atoms with E-state index in [1.165, 1.54) is 30.8 Å². The van der Waals surface area contributed by atoms with Crippen LogP contribution in [-0.4, -0.2) is 32.9 Å². The summed E-state index contributed by atoms with van der Waals surface area (Å²) in [5.74, 6) is 3.30. The molecule has 6 heteroatoms. The number of aromatic nitrogens is 2. The Morgan fingerprint density at radius 1 is 1.35 bits per heavy atom. The minimum absolute atomic E-state index is 0.400. The van der Waals surface area contributed by atoms with Crippen LogP contribution in [0.15, 0.2) is 4.52 Å². The van der Waals surface area contributed by atoms with Gasteiger partial charge in [-0.05, 0) is 19.3 Å². The number of rotatable bonds is 4. The predicted molar refractivity (Wildman–Crippen MR) is 72.7 cm³/mol. The largest absolute Gasteiger partial charge is 0.335 e. The van der Waals surface area contributed by atoms with E-state index in [4.69, 9.17) is 4.52 Å². The van der Waals surface area contributed by atoms with Crippen LogP contribution >= 0.6 is 23.5 Å². The number of anilines is 1. The third-order valence-electron chi connectivity index (χ3n) is 3.05. The topological polar surface area (TPSA) is 51.0 Å². The van der Waals surface area contributed by atoms with Crippen molar-refractivity contribution in [3.05, 3.63) is 5.82 Å². The van der Waals surface area contributed by atoms with Gasteiger partial charge in [0.25, 0.3) is 0 Å². The van der Waals surface area contributed by atoms with Gasteiger partial charge in [-0.3, -0.25) is 0 Å². The maximum atomic E-state index is 5.27. The van der Waals surface area contributed by atoms with Crippen LogP contribution in [0.1, 0.15) is 37.3 Å². The average molecular weight is 271 g/mol. The second kappa shape index (κ2) is 5.10. The molecule has 2 heterocycles. The Labute approximate surface area is 110 Å². The fourth-order valence-electron chi connectivity index (χ4n) is 1.95. The normalized spacial score (nSPS) is 29.2. The van der Waals surface area contributed by atoms with E-state index in [1.54, 1.807) is 0 Å². The molecule has 1 saturated heterocycles. The first kappa shape index (κ1) is 11.7. The van der Waals surface area contributed by atoms with Crippen LogP contribution in [0.3, 0.4) is 0 Å². The molecular formula is C11H17N3OS2. The Balaban J connectivity index is 1.70. The minimum Gasteiger partial charge on any atom is -0.335 e. The van der Waals surface area contributed by atoms with Crippen molar-refractivity contribution in [1.29, 1.82) is 0 Å². The molecule has 17 heavy (non-hydrogen) atoms. The Morgan fingerprint density at radius 2 is 2.18 bits per heavy atom. The molecule has 1 aliphatic heterocycles. The monoisotopic (exact) mass is 271 g/mol. The van der Waals surface area contributed by atoms with Gasteiger partial charge in [0.05, 0.1) is 5.25 Å². The molecule has 0 radical (unpaired) electrons. The zero-order valence-electron chi connectivity index (χ0n) is 9.89. The van der Waals surface area contributed by atoms with Crippen molar-refractivity contribution in [1.82, 2.24) is 10.1 Å². The molecule has 0 aromatic carbocycles. The first-order valence-electron chi connectivity index (χ1n) is 6.20. The van der Waals surface area contributed by atoms with E-state index in [0.717, 1.165) is 5.82 Å². The number of nitrogens with zero attached hydrogens (tertiary/aromatic N) is 2. The molecule has 1 aromatic heterocycles. The highest BCUT2D eigenvalue weighted by Gasteiger charge is 2.31. The predicted octanol–water partition coefficient (Wildman–Crippen LogP) is 2.94. The molecule has 1 N–H and O–H groups in total. The highest BCUT2D eigenvalue weighted by atomic mass is 32.2. The van der Waals surface area contributed by atoms with Crippen LogP contribution in [0.4, 0.5) is 6.01 Å². The summed E-state index contributed by atoms with van der Waals surface area (Å²) in [4.78, 5) is 4.49. The van der Waals surface area contributed by atoms with Gasteiger partial charge < -0.3 is 9.84 Å². The molecule has 4 nitrogen and oxygen atoms in total. The lowest BCUT2D eigenvalue weighted by Crippen LogP contribution is -2.19. The van der Waals surface area contributed by atoms with Crippen molar-refractivity contribution in [2.24, 2.45) is 0 Å². The van der Waals surface area contributed by atoms with E-state index in [0.29, 0.717) is 22.6 Å². The third-order valence-corrected chi connectivity index (χ3v) is 6.30. The van der Waals surface area contributed by atoms with Crippen molar-refractivity contribution in [2.45, 2.75) is 42.7 Å². The number of hydrogen-bond acceptors (Lipinski definition) is 6. The lowest BCUT2D eigenvalue weighted by molar-refractivity contribution is 0.421. The summed E-state index contributed by atoms with van der Waals surface area (Å²) in [6.45, 7) is 2.24. The summed E-state index contributed by atoms with van der Waals surface area (Å²) in [5.41, 5.74) is 0. The van der Waals surface area contributed by atoms with Crippen molar-refractivity contribution in [2.75, 3.05) is 16.8 Å². The van der Waals surface area contributed by atoms with Crippen molar-refractivity contribution in [3.8, 4) is 0 Å². The van der Waals surface area contributed by atoms with E-state index in [-0.39, 0.29) is 0 Å². The van der Waals surface area contributed by atoms with Gasteiger partial charge in [0.15, 0.2) is 5.82 Å². The Hall–Kier alpha value is -0.360. The molecule has 0 bridgehead atoms. The van der Waals surface area contributed by atoms with Crippen molar-refractivity contribution in [3.63, 3.8) is 0 Å². The van der Waals surface area contributed by atoms with Gasteiger partial charge in [0, 0.05) is 22.8 Å². The molecule has 2 fully saturated rings. The minimum atomic E-state index is 0.400. The van der Waals surface area contributed by atoms with E-state index < -0.39 is 0 Å². The van der Waals surface area contributed by atoms with Crippen LogP contribution in [0.25, 0.3) is 0 Å². The van der Waals surface area contributed by atoms with Gasteiger partial charge in [-0.1, -0.05) is 12.1 Å². The molecule has 0 amide bonds. The van der Waals surface area contributed by atoms with Gasteiger partial charge in [0.1, 0.15) is 0 Å². The maximum Gasteiger partial charge on any atom is 0.321 e. The molecular weight excluding hydrogens is 254 g/mol. The SMILES string of the molecule is CCC1SCCSC1c1noc(NC2CC2)n1. The number of nitrogens with one attached hydrogen (secondary N) is 1. The van der Waals surface area contributed by atoms with Gasteiger partial charge in [-0.2, -0.15) is 16.7 Å². The number of hydrogen-bond donors (Lipinski definition) is 1. The first-order chi connectivity index (χ1) is 8.36. The van der Waals surface area contributed by atoms with Gasteiger partial charge in [-0.15, -0.1) is 11.8 Å². The van der Waals surface area contributed by atoms with Crippen molar-refractivity contribution < 1.29 is 4.52 Å². The van der Waals surface area contributed by atoms with Gasteiger partial charge in [-0.25, -0.2) is 0 Å². The summed E-state index contributed by atoms with van der Waals surface area (Å²) < 4.78 is 5.27. The zero-order chi connectivity index (χ0) is 11.7. The molecule has 1 aliphatic carbocycles. The quantitative estimate of drug-likeness (QED) is 0.908. The second-order valence-corrected chi connectivity index (χ2v) is 7.08. The maximum absolute atomic E-state index is 5.27. The fraction of sp³-hybridized carbons (Fsp3) is 0.818. The summed E-state index contributed by atoms with van der Waals surface area (Å²) in [6, 6.07) is 1.17. The average Bonchev–Trinajstić information content (AvgIpc) is 3.05. The molecule has 0 spiro atoms. The van der Waals surface area contributed by atoms with E-state index in [1.807, 2.05) is 23.5 Å². The zero-order valence-corrected chi connectivity index (χ0v) is 11.5. The lowest BCUT2D eigenvalue weighted by Gasteiger charge is -2.27. The van der Waals surface area contributed by atoms with Crippen LogP contribution in [0, 0.1) is 0 Å². The Morgan fingerprint density at radius 3 is 2.94 bits per heavy atom. The summed E-state index contributed by atoms with van der Waals surface area (Å²) >= 11 is 4.00. The summed E-state index contributed by atoms with van der Waals surface area (Å²) in [7, 11) is 0. The highest BCUT2D eigenvalue weighted by Crippen LogP contribution is 2.43. The van der Waals surface area contributed by atoms with E-state index >= 15 is 0 Å². The molecule has 1 saturated carbocycles. The molecule has 1 aromatic rings.